The third-order valence-corrected chi connectivity index (χ3v) is 5.93. The van der Waals surface area contributed by atoms with E-state index < -0.39 is 11.6 Å². The molecule has 8 heteroatoms. The third-order valence-electron chi connectivity index (χ3n) is 5.93. The highest BCUT2D eigenvalue weighted by Crippen LogP contribution is 2.33. The predicted octanol–water partition coefficient (Wildman–Crippen LogP) is 5.69. The number of ether oxygens (including phenoxy) is 6. The second kappa shape index (κ2) is 14.2. The average Bonchev–Trinajstić information content (AvgIpc) is 3.00. The Balaban J connectivity index is 2.02. The van der Waals surface area contributed by atoms with Gasteiger partial charge >= 0.3 is 0 Å². The molecular weight excluding hydrogens is 512 g/mol. The lowest BCUT2D eigenvalue weighted by Gasteiger charge is -2.11. The van der Waals surface area contributed by atoms with E-state index in [0.29, 0.717) is 51.2 Å². The zero-order chi connectivity index (χ0) is 29.1. The van der Waals surface area contributed by atoms with Crippen molar-refractivity contribution in [3.63, 3.8) is 0 Å². The molecule has 208 valence electrons. The first-order valence-electron chi connectivity index (χ1n) is 12.2. The summed E-state index contributed by atoms with van der Waals surface area (Å²) < 4.78 is 32.1. The number of carbonyl (C=O) groups excluding carboxylic acids is 2. The van der Waals surface area contributed by atoms with Crippen LogP contribution in [-0.2, 0) is 9.59 Å². The van der Waals surface area contributed by atoms with Crippen LogP contribution in [0.4, 0.5) is 0 Å². The quantitative estimate of drug-likeness (QED) is 0.154. The van der Waals surface area contributed by atoms with Crippen LogP contribution in [0.2, 0.25) is 0 Å². The molecule has 0 aliphatic carbocycles. The molecule has 0 N–H and O–H groups in total. The highest BCUT2D eigenvalue weighted by molar-refractivity contribution is 6.31. The molecule has 0 atom stereocenters. The average molecular weight is 545 g/mol. The number of ketones is 2. The van der Waals surface area contributed by atoms with E-state index in [1.807, 2.05) is 0 Å². The number of para-hydroxylation sites is 1. The summed E-state index contributed by atoms with van der Waals surface area (Å²) in [4.78, 5) is 26.8. The smallest absolute Gasteiger partial charge is 0.189 e. The van der Waals surface area contributed by atoms with Crippen LogP contribution >= 0.6 is 0 Å². The summed E-state index contributed by atoms with van der Waals surface area (Å²) in [7, 11) is 9.15. The summed E-state index contributed by atoms with van der Waals surface area (Å²) in [5, 5.41) is 0. The molecule has 0 spiro atoms. The summed E-state index contributed by atoms with van der Waals surface area (Å²) in [6.45, 7) is 0. The molecule has 0 saturated heterocycles. The molecule has 3 rings (SSSR count). The molecular formula is C32H32O8. The molecule has 0 heterocycles. The maximum atomic E-state index is 13.4. The summed E-state index contributed by atoms with van der Waals surface area (Å²) >= 11 is 0. The molecule has 0 saturated carbocycles. The Labute approximate surface area is 234 Å². The van der Waals surface area contributed by atoms with Gasteiger partial charge in [-0.05, 0) is 59.7 Å². The number of allylic oxidation sites excluding steroid dienone is 3. The van der Waals surface area contributed by atoms with Crippen molar-refractivity contribution in [2.75, 3.05) is 42.7 Å². The molecule has 0 bridgehead atoms. The largest absolute Gasteiger partial charge is 0.493 e. The van der Waals surface area contributed by atoms with E-state index in [2.05, 4.69) is 0 Å². The van der Waals surface area contributed by atoms with E-state index in [4.69, 9.17) is 28.4 Å². The topological polar surface area (TPSA) is 89.5 Å². The van der Waals surface area contributed by atoms with Gasteiger partial charge in [-0.1, -0.05) is 36.4 Å². The summed E-state index contributed by atoms with van der Waals surface area (Å²) in [6.07, 6.45) is 7.37. The second-order valence-electron chi connectivity index (χ2n) is 8.26. The van der Waals surface area contributed by atoms with Crippen molar-refractivity contribution < 1.29 is 38.0 Å². The van der Waals surface area contributed by atoms with Crippen molar-refractivity contribution in [1.82, 2.24) is 0 Å². The lowest BCUT2D eigenvalue weighted by molar-refractivity contribution is -0.116. The molecule has 0 aliphatic heterocycles. The molecule has 3 aromatic rings. The van der Waals surface area contributed by atoms with Gasteiger partial charge in [0.1, 0.15) is 0 Å². The van der Waals surface area contributed by atoms with Gasteiger partial charge in [0.25, 0.3) is 0 Å². The number of methoxy groups -OCH3 is 6. The molecule has 0 aromatic heterocycles. The number of rotatable bonds is 13. The molecule has 40 heavy (non-hydrogen) atoms. The van der Waals surface area contributed by atoms with Crippen molar-refractivity contribution in [2.24, 2.45) is 0 Å². The van der Waals surface area contributed by atoms with Crippen molar-refractivity contribution in [2.45, 2.75) is 0 Å². The van der Waals surface area contributed by atoms with Crippen LogP contribution in [0.15, 0.2) is 72.3 Å². The molecule has 0 fully saturated rings. The Morgan fingerprint density at radius 3 is 1.45 bits per heavy atom. The zero-order valence-corrected chi connectivity index (χ0v) is 23.3. The summed E-state index contributed by atoms with van der Waals surface area (Å²) in [6, 6.07) is 15.7. The van der Waals surface area contributed by atoms with Crippen molar-refractivity contribution >= 4 is 29.8 Å². The SMILES string of the molecule is COc1ccc(/C=C/C(=O)C(=Cc2cccc(OC)c2OC)C(=O)/C=C/c2ccc(OC)c(OC)c2)cc1OC. The van der Waals surface area contributed by atoms with Crippen LogP contribution in [0, 0.1) is 0 Å². The fraction of sp³-hybridized carbons (Fsp3) is 0.188. The molecule has 0 amide bonds. The van der Waals surface area contributed by atoms with E-state index in [0.717, 1.165) is 0 Å². The highest BCUT2D eigenvalue weighted by atomic mass is 16.5. The number of carbonyl (C=O) groups is 2. The number of benzene rings is 3. The summed E-state index contributed by atoms with van der Waals surface area (Å²) in [5.74, 6) is 2.03. The van der Waals surface area contributed by atoms with Crippen LogP contribution in [-0.4, -0.2) is 54.2 Å². The first kappa shape index (κ1) is 29.6. The van der Waals surface area contributed by atoms with E-state index in [1.54, 1.807) is 81.0 Å². The van der Waals surface area contributed by atoms with Crippen LogP contribution < -0.4 is 28.4 Å². The maximum absolute atomic E-state index is 13.4. The Kier molecular flexibility index (Phi) is 10.5. The Hall–Kier alpha value is -4.98. The lowest BCUT2D eigenvalue weighted by Crippen LogP contribution is -2.09. The molecule has 3 aromatic carbocycles. The highest BCUT2D eigenvalue weighted by Gasteiger charge is 2.17. The number of hydrogen-bond acceptors (Lipinski definition) is 8. The second-order valence-corrected chi connectivity index (χ2v) is 8.26. The Morgan fingerprint density at radius 1 is 0.550 bits per heavy atom. The maximum Gasteiger partial charge on any atom is 0.189 e. The van der Waals surface area contributed by atoms with E-state index in [9.17, 15) is 9.59 Å². The predicted molar refractivity (Wildman–Crippen MR) is 155 cm³/mol. The van der Waals surface area contributed by atoms with Crippen molar-refractivity contribution in [3.8, 4) is 34.5 Å². The monoisotopic (exact) mass is 544 g/mol. The molecule has 0 unspecified atom stereocenters. The van der Waals surface area contributed by atoms with E-state index >= 15 is 0 Å². The minimum absolute atomic E-state index is 0.0694. The van der Waals surface area contributed by atoms with Gasteiger partial charge in [0.2, 0.25) is 0 Å². The van der Waals surface area contributed by atoms with Crippen LogP contribution in [0.25, 0.3) is 18.2 Å². The molecule has 0 radical (unpaired) electrons. The standard InChI is InChI=1S/C32H32O8/c1-35-27-16-12-21(18-30(27)38-4)10-14-25(33)24(20-23-8-7-9-29(37-3)32(23)40-6)26(34)15-11-22-13-17-28(36-2)31(19-22)39-5/h7-20H,1-6H3/b14-10+,15-11+. The van der Waals surface area contributed by atoms with Crippen LogP contribution in [0.5, 0.6) is 34.5 Å². The minimum atomic E-state index is -0.499. The van der Waals surface area contributed by atoms with Gasteiger partial charge in [0, 0.05) is 5.56 Å². The van der Waals surface area contributed by atoms with E-state index in [-0.39, 0.29) is 5.57 Å². The fourth-order valence-electron chi connectivity index (χ4n) is 3.88. The van der Waals surface area contributed by atoms with Gasteiger partial charge in [-0.25, -0.2) is 0 Å². The molecule has 8 nitrogen and oxygen atoms in total. The van der Waals surface area contributed by atoms with Gasteiger partial charge < -0.3 is 28.4 Å². The van der Waals surface area contributed by atoms with Gasteiger partial charge in [-0.2, -0.15) is 0 Å². The van der Waals surface area contributed by atoms with Crippen molar-refractivity contribution in [1.29, 1.82) is 0 Å². The normalized spacial score (nSPS) is 10.8. The van der Waals surface area contributed by atoms with Crippen LogP contribution in [0.3, 0.4) is 0 Å². The van der Waals surface area contributed by atoms with Gasteiger partial charge in [-0.3, -0.25) is 9.59 Å². The zero-order valence-electron chi connectivity index (χ0n) is 23.3. The summed E-state index contributed by atoms with van der Waals surface area (Å²) in [5.41, 5.74) is 1.83. The third kappa shape index (κ3) is 7.11. The van der Waals surface area contributed by atoms with Crippen LogP contribution in [0.1, 0.15) is 16.7 Å². The first-order valence-corrected chi connectivity index (χ1v) is 12.2. The fourth-order valence-corrected chi connectivity index (χ4v) is 3.88. The van der Waals surface area contributed by atoms with Gasteiger partial charge in [0.15, 0.2) is 46.1 Å². The van der Waals surface area contributed by atoms with Gasteiger partial charge in [0.05, 0.1) is 48.2 Å². The minimum Gasteiger partial charge on any atom is -0.493 e. The number of hydrogen-bond donors (Lipinski definition) is 0. The lowest BCUT2D eigenvalue weighted by atomic mass is 10.00. The van der Waals surface area contributed by atoms with Gasteiger partial charge in [-0.15, -0.1) is 0 Å². The Bertz CT molecular complexity index is 1370. The van der Waals surface area contributed by atoms with E-state index in [1.165, 1.54) is 46.7 Å². The van der Waals surface area contributed by atoms with Crippen molar-refractivity contribution in [3.05, 3.63) is 89.0 Å². The molecule has 0 aliphatic rings. The first-order chi connectivity index (χ1) is 19.4. The Morgan fingerprint density at radius 2 is 1.02 bits per heavy atom.